The largest absolute Gasteiger partial charge is 0.347 e. The highest BCUT2D eigenvalue weighted by molar-refractivity contribution is 7.91. The number of amides is 1. The normalized spacial score (nSPS) is 25.9. The number of nitrogens with two attached hydrogens (primary N) is 1. The van der Waals surface area contributed by atoms with Gasteiger partial charge in [-0.2, -0.15) is 0 Å². The first kappa shape index (κ1) is 13.3. The Morgan fingerprint density at radius 2 is 1.89 bits per heavy atom. The highest BCUT2D eigenvalue weighted by Crippen LogP contribution is 2.13. The monoisotopic (exact) mass is 288 g/mol. The summed E-state index contributed by atoms with van der Waals surface area (Å²) in [7, 11) is -3.14. The zero-order valence-corrected chi connectivity index (χ0v) is 11.0. The van der Waals surface area contributed by atoms with Gasteiger partial charge in [0.1, 0.15) is 0 Å². The SMILES string of the molecule is N[C@@H]1CS(=O)(=O)C[C@H]1NC(=O)c1ccc(Cl)cc1. The van der Waals surface area contributed by atoms with E-state index in [4.69, 9.17) is 17.3 Å². The molecule has 0 aromatic heterocycles. The molecule has 0 radical (unpaired) electrons. The Labute approximate surface area is 110 Å². The lowest BCUT2D eigenvalue weighted by molar-refractivity contribution is 0.0938. The summed E-state index contributed by atoms with van der Waals surface area (Å²) in [5.41, 5.74) is 6.12. The van der Waals surface area contributed by atoms with Gasteiger partial charge < -0.3 is 11.1 Å². The Morgan fingerprint density at radius 1 is 1.28 bits per heavy atom. The Bertz CT molecular complexity index is 556. The number of sulfone groups is 1. The molecule has 0 unspecified atom stereocenters. The van der Waals surface area contributed by atoms with Gasteiger partial charge in [0.25, 0.3) is 5.91 Å². The van der Waals surface area contributed by atoms with Crippen LogP contribution in [0.5, 0.6) is 0 Å². The molecule has 0 bridgehead atoms. The molecule has 1 fully saturated rings. The topological polar surface area (TPSA) is 89.3 Å². The van der Waals surface area contributed by atoms with Gasteiger partial charge >= 0.3 is 0 Å². The number of halogens is 1. The summed E-state index contributed by atoms with van der Waals surface area (Å²) in [6.07, 6.45) is 0. The highest BCUT2D eigenvalue weighted by atomic mass is 35.5. The molecular weight excluding hydrogens is 276 g/mol. The van der Waals surface area contributed by atoms with Crippen LogP contribution in [-0.2, 0) is 9.84 Å². The number of carbonyl (C=O) groups is 1. The molecule has 1 saturated heterocycles. The minimum Gasteiger partial charge on any atom is -0.347 e. The minimum absolute atomic E-state index is 0.0848. The summed E-state index contributed by atoms with van der Waals surface area (Å²) < 4.78 is 22.7. The van der Waals surface area contributed by atoms with Crippen LogP contribution in [0.15, 0.2) is 24.3 Å². The van der Waals surface area contributed by atoms with Crippen molar-refractivity contribution in [2.24, 2.45) is 5.73 Å². The molecule has 2 rings (SSSR count). The van der Waals surface area contributed by atoms with Crippen LogP contribution in [-0.4, -0.2) is 37.9 Å². The van der Waals surface area contributed by atoms with Crippen molar-refractivity contribution in [2.45, 2.75) is 12.1 Å². The van der Waals surface area contributed by atoms with Crippen molar-refractivity contribution in [3.8, 4) is 0 Å². The van der Waals surface area contributed by atoms with Crippen molar-refractivity contribution in [3.05, 3.63) is 34.9 Å². The fourth-order valence-corrected chi connectivity index (χ4v) is 3.83. The number of carbonyl (C=O) groups excluding carboxylic acids is 1. The van der Waals surface area contributed by atoms with E-state index in [1.807, 2.05) is 0 Å². The molecule has 7 heteroatoms. The zero-order valence-electron chi connectivity index (χ0n) is 9.47. The summed E-state index contributed by atoms with van der Waals surface area (Å²) >= 11 is 5.72. The standard InChI is InChI=1S/C11H13ClN2O3S/c12-8-3-1-7(2-4-8)11(15)14-10-6-18(16,17)5-9(10)13/h1-4,9-10H,5-6,13H2,(H,14,15)/t9-,10-/m1/s1. The lowest BCUT2D eigenvalue weighted by Gasteiger charge is -2.15. The van der Waals surface area contributed by atoms with Gasteiger partial charge in [-0.1, -0.05) is 11.6 Å². The number of hydrogen-bond donors (Lipinski definition) is 2. The number of hydrogen-bond acceptors (Lipinski definition) is 4. The molecule has 2 atom stereocenters. The van der Waals surface area contributed by atoms with E-state index >= 15 is 0 Å². The first-order valence-corrected chi connectivity index (χ1v) is 7.60. The minimum atomic E-state index is -3.14. The summed E-state index contributed by atoms with van der Waals surface area (Å²) in [4.78, 5) is 11.9. The van der Waals surface area contributed by atoms with Crippen LogP contribution in [0.2, 0.25) is 5.02 Å². The molecule has 1 aliphatic rings. The van der Waals surface area contributed by atoms with Gasteiger partial charge in [-0.15, -0.1) is 0 Å². The maximum atomic E-state index is 11.9. The number of nitrogens with one attached hydrogen (secondary N) is 1. The Morgan fingerprint density at radius 3 is 2.39 bits per heavy atom. The Kier molecular flexibility index (Phi) is 3.61. The lowest BCUT2D eigenvalue weighted by Crippen LogP contribution is -2.46. The van der Waals surface area contributed by atoms with E-state index in [9.17, 15) is 13.2 Å². The van der Waals surface area contributed by atoms with E-state index in [1.165, 1.54) is 0 Å². The molecule has 1 heterocycles. The van der Waals surface area contributed by atoms with E-state index in [0.717, 1.165) is 0 Å². The fourth-order valence-electron chi connectivity index (χ4n) is 1.88. The van der Waals surface area contributed by atoms with E-state index in [0.29, 0.717) is 10.6 Å². The van der Waals surface area contributed by atoms with Crippen molar-refractivity contribution >= 4 is 27.3 Å². The van der Waals surface area contributed by atoms with Gasteiger partial charge in [0, 0.05) is 16.6 Å². The van der Waals surface area contributed by atoms with Gasteiger partial charge in [0.05, 0.1) is 17.5 Å². The van der Waals surface area contributed by atoms with Crippen LogP contribution >= 0.6 is 11.6 Å². The predicted molar refractivity (Wildman–Crippen MR) is 69.3 cm³/mol. The summed E-state index contributed by atoms with van der Waals surface area (Å²) in [6, 6.07) is 5.27. The molecule has 0 spiro atoms. The molecule has 1 aromatic rings. The predicted octanol–water partition coefficient (Wildman–Crippen LogP) is 0.194. The third-order valence-corrected chi connectivity index (χ3v) is 4.83. The molecule has 1 aromatic carbocycles. The molecule has 0 aliphatic carbocycles. The summed E-state index contributed by atoms with van der Waals surface area (Å²) in [5.74, 6) is -0.532. The van der Waals surface area contributed by atoms with Crippen molar-refractivity contribution < 1.29 is 13.2 Å². The van der Waals surface area contributed by atoms with Crippen LogP contribution in [0.1, 0.15) is 10.4 Å². The molecular formula is C11H13ClN2O3S. The Balaban J connectivity index is 2.06. The molecule has 98 valence electrons. The second-order valence-corrected chi connectivity index (χ2v) is 6.92. The molecule has 1 aliphatic heterocycles. The van der Waals surface area contributed by atoms with Crippen molar-refractivity contribution in [2.75, 3.05) is 11.5 Å². The van der Waals surface area contributed by atoms with Gasteiger partial charge in [-0.3, -0.25) is 4.79 Å². The molecule has 1 amide bonds. The molecule has 5 nitrogen and oxygen atoms in total. The molecule has 18 heavy (non-hydrogen) atoms. The quantitative estimate of drug-likeness (QED) is 0.813. The first-order valence-electron chi connectivity index (χ1n) is 5.40. The highest BCUT2D eigenvalue weighted by Gasteiger charge is 2.36. The number of rotatable bonds is 2. The van der Waals surface area contributed by atoms with Gasteiger partial charge in [-0.25, -0.2) is 8.42 Å². The van der Waals surface area contributed by atoms with Gasteiger partial charge in [0.2, 0.25) is 0 Å². The third-order valence-electron chi connectivity index (χ3n) is 2.82. The van der Waals surface area contributed by atoms with Crippen LogP contribution in [0.25, 0.3) is 0 Å². The van der Waals surface area contributed by atoms with E-state index in [1.54, 1.807) is 24.3 Å². The smallest absolute Gasteiger partial charge is 0.251 e. The number of benzene rings is 1. The van der Waals surface area contributed by atoms with Gasteiger partial charge in [-0.05, 0) is 24.3 Å². The average molecular weight is 289 g/mol. The lowest BCUT2D eigenvalue weighted by atomic mass is 10.1. The van der Waals surface area contributed by atoms with E-state index in [-0.39, 0.29) is 17.4 Å². The zero-order chi connectivity index (χ0) is 13.3. The fraction of sp³-hybridized carbons (Fsp3) is 0.364. The second-order valence-electron chi connectivity index (χ2n) is 4.33. The van der Waals surface area contributed by atoms with Crippen molar-refractivity contribution in [3.63, 3.8) is 0 Å². The molecule has 3 N–H and O–H groups in total. The Hall–Kier alpha value is -1.11. The maximum absolute atomic E-state index is 11.9. The maximum Gasteiger partial charge on any atom is 0.251 e. The molecule has 0 saturated carbocycles. The van der Waals surface area contributed by atoms with Crippen molar-refractivity contribution in [1.82, 2.24) is 5.32 Å². The van der Waals surface area contributed by atoms with E-state index in [2.05, 4.69) is 5.32 Å². The summed E-state index contributed by atoms with van der Waals surface area (Å²) in [6.45, 7) is 0. The average Bonchev–Trinajstić information content (AvgIpc) is 2.52. The van der Waals surface area contributed by atoms with Crippen LogP contribution in [0.3, 0.4) is 0 Å². The summed E-state index contributed by atoms with van der Waals surface area (Å²) in [5, 5.41) is 3.17. The second kappa shape index (κ2) is 4.87. The van der Waals surface area contributed by atoms with Crippen molar-refractivity contribution in [1.29, 1.82) is 0 Å². The van der Waals surface area contributed by atoms with Crippen LogP contribution in [0.4, 0.5) is 0 Å². The van der Waals surface area contributed by atoms with E-state index < -0.39 is 21.9 Å². The third kappa shape index (κ3) is 3.01. The van der Waals surface area contributed by atoms with Gasteiger partial charge in [0.15, 0.2) is 9.84 Å². The van der Waals surface area contributed by atoms with Crippen LogP contribution in [0, 0.1) is 0 Å². The first-order chi connectivity index (χ1) is 8.37. The van der Waals surface area contributed by atoms with Crippen LogP contribution < -0.4 is 11.1 Å².